The number of fused-ring (bicyclic) bond motifs is 3. The topological polar surface area (TPSA) is 43.1 Å². The maximum Gasteiger partial charge on any atom is 0.193 e. The average molecular weight is 349 g/mol. The van der Waals surface area contributed by atoms with Gasteiger partial charge in [-0.25, -0.2) is 0 Å². The third-order valence-electron chi connectivity index (χ3n) is 4.77. The monoisotopic (exact) mass is 349 g/mol. The zero-order valence-electron chi connectivity index (χ0n) is 14.4. The van der Waals surface area contributed by atoms with Gasteiger partial charge in [0, 0.05) is 29.4 Å². The molecule has 0 aliphatic rings. The molecule has 0 atom stereocenters. The van der Waals surface area contributed by atoms with Crippen LogP contribution in [0, 0.1) is 0 Å². The van der Waals surface area contributed by atoms with Crippen molar-refractivity contribution in [1.29, 1.82) is 0 Å². The minimum absolute atomic E-state index is 0.0574. The van der Waals surface area contributed by atoms with Crippen LogP contribution in [-0.4, -0.2) is 4.98 Å². The first kappa shape index (κ1) is 15.5. The Hall–Kier alpha value is -3.72. The number of nitrogens with zero attached hydrogens (tertiary/aromatic N) is 1. The summed E-state index contributed by atoms with van der Waals surface area (Å²) in [6, 6.07) is 25.3. The molecule has 0 saturated heterocycles. The van der Waals surface area contributed by atoms with Crippen molar-refractivity contribution >= 4 is 21.7 Å². The molecule has 0 bridgehead atoms. The van der Waals surface area contributed by atoms with Crippen molar-refractivity contribution in [1.82, 2.24) is 4.98 Å². The third kappa shape index (κ3) is 2.61. The van der Waals surface area contributed by atoms with Gasteiger partial charge in [-0.05, 0) is 34.7 Å². The molecule has 0 aliphatic heterocycles. The first-order valence-electron chi connectivity index (χ1n) is 8.77. The lowest BCUT2D eigenvalue weighted by Crippen LogP contribution is -2.01. The smallest absolute Gasteiger partial charge is 0.193 e. The Labute approximate surface area is 155 Å². The molecule has 0 saturated carbocycles. The second-order valence-electron chi connectivity index (χ2n) is 6.43. The van der Waals surface area contributed by atoms with Gasteiger partial charge < -0.3 is 4.42 Å². The van der Waals surface area contributed by atoms with Gasteiger partial charge in [0.05, 0.1) is 5.39 Å². The molecule has 0 amide bonds. The summed E-state index contributed by atoms with van der Waals surface area (Å²) >= 11 is 0. The van der Waals surface area contributed by atoms with E-state index >= 15 is 0 Å². The van der Waals surface area contributed by atoms with Crippen LogP contribution in [0.5, 0.6) is 0 Å². The molecule has 3 nitrogen and oxygen atoms in total. The maximum absolute atomic E-state index is 12.9. The third-order valence-corrected chi connectivity index (χ3v) is 4.77. The van der Waals surface area contributed by atoms with Crippen LogP contribution in [-0.2, 0) is 0 Å². The zero-order valence-corrected chi connectivity index (χ0v) is 14.4. The van der Waals surface area contributed by atoms with Crippen LogP contribution in [0.25, 0.3) is 44.2 Å². The molecule has 3 aromatic carbocycles. The fourth-order valence-electron chi connectivity index (χ4n) is 3.49. The molecule has 3 heteroatoms. The number of hydrogen-bond donors (Lipinski definition) is 0. The standard InChI is InChI=1S/C24H15NO2/c26-22-14-23(17-9-6-12-25-15-17)27-24-19-11-5-4-10-18(19)20(13-21(22)24)16-7-2-1-3-8-16/h1-15H. The van der Waals surface area contributed by atoms with E-state index < -0.39 is 0 Å². The number of hydrogen-bond acceptors (Lipinski definition) is 3. The van der Waals surface area contributed by atoms with E-state index in [0.29, 0.717) is 16.7 Å². The molecule has 2 aromatic heterocycles. The molecule has 27 heavy (non-hydrogen) atoms. The molecule has 0 fully saturated rings. The van der Waals surface area contributed by atoms with E-state index in [1.54, 1.807) is 18.5 Å². The molecule has 0 aliphatic carbocycles. The minimum atomic E-state index is -0.0574. The molecule has 5 aromatic rings. The first-order chi connectivity index (χ1) is 13.3. The van der Waals surface area contributed by atoms with Crippen LogP contribution in [0.3, 0.4) is 0 Å². The predicted molar refractivity (Wildman–Crippen MR) is 109 cm³/mol. The van der Waals surface area contributed by atoms with Crippen LogP contribution >= 0.6 is 0 Å². The Morgan fingerprint density at radius 3 is 2.22 bits per heavy atom. The summed E-state index contributed by atoms with van der Waals surface area (Å²) in [6.07, 6.45) is 3.40. The van der Waals surface area contributed by atoms with Crippen LogP contribution in [0.2, 0.25) is 0 Å². The van der Waals surface area contributed by atoms with Gasteiger partial charge in [0.25, 0.3) is 0 Å². The number of aromatic nitrogens is 1. The molecule has 0 radical (unpaired) electrons. The lowest BCUT2D eigenvalue weighted by atomic mass is 9.95. The van der Waals surface area contributed by atoms with Gasteiger partial charge >= 0.3 is 0 Å². The summed E-state index contributed by atoms with van der Waals surface area (Å²) < 4.78 is 6.19. The number of benzene rings is 3. The first-order valence-corrected chi connectivity index (χ1v) is 8.77. The van der Waals surface area contributed by atoms with Gasteiger partial charge in [0.2, 0.25) is 0 Å². The second kappa shape index (κ2) is 6.22. The van der Waals surface area contributed by atoms with E-state index in [9.17, 15) is 4.79 Å². The molecule has 128 valence electrons. The Balaban J connectivity index is 1.89. The van der Waals surface area contributed by atoms with Gasteiger partial charge in [-0.2, -0.15) is 0 Å². The summed E-state index contributed by atoms with van der Waals surface area (Å²) in [5, 5.41) is 2.57. The fraction of sp³-hybridized carbons (Fsp3) is 0. The summed E-state index contributed by atoms with van der Waals surface area (Å²) in [5.74, 6) is 0.526. The largest absolute Gasteiger partial charge is 0.455 e. The number of rotatable bonds is 2. The van der Waals surface area contributed by atoms with Gasteiger partial charge in [-0.1, -0.05) is 54.6 Å². The van der Waals surface area contributed by atoms with E-state index in [0.717, 1.165) is 27.5 Å². The Bertz CT molecular complexity index is 1320. The molecule has 0 spiro atoms. The van der Waals surface area contributed by atoms with Crippen molar-refractivity contribution in [3.63, 3.8) is 0 Å². The summed E-state index contributed by atoms with van der Waals surface area (Å²) in [5.41, 5.74) is 3.44. The summed E-state index contributed by atoms with van der Waals surface area (Å²) in [4.78, 5) is 17.0. The highest BCUT2D eigenvalue weighted by atomic mass is 16.3. The van der Waals surface area contributed by atoms with E-state index in [4.69, 9.17) is 4.42 Å². The fourth-order valence-corrected chi connectivity index (χ4v) is 3.49. The van der Waals surface area contributed by atoms with Crippen molar-refractivity contribution in [2.45, 2.75) is 0 Å². The molecule has 5 rings (SSSR count). The Morgan fingerprint density at radius 2 is 1.44 bits per heavy atom. The van der Waals surface area contributed by atoms with Gasteiger partial charge in [0.15, 0.2) is 5.43 Å². The minimum Gasteiger partial charge on any atom is -0.455 e. The van der Waals surface area contributed by atoms with Crippen molar-refractivity contribution in [2.24, 2.45) is 0 Å². The van der Waals surface area contributed by atoms with Gasteiger partial charge in [-0.3, -0.25) is 9.78 Å². The average Bonchev–Trinajstić information content (AvgIpc) is 2.74. The highest BCUT2D eigenvalue weighted by Gasteiger charge is 2.14. The lowest BCUT2D eigenvalue weighted by Gasteiger charge is -2.11. The molecule has 0 unspecified atom stereocenters. The lowest BCUT2D eigenvalue weighted by molar-refractivity contribution is 0.622. The quantitative estimate of drug-likeness (QED) is 0.385. The van der Waals surface area contributed by atoms with E-state index in [1.165, 1.54) is 0 Å². The highest BCUT2D eigenvalue weighted by Crippen LogP contribution is 2.35. The van der Waals surface area contributed by atoms with E-state index in [-0.39, 0.29) is 5.43 Å². The van der Waals surface area contributed by atoms with Gasteiger partial charge in [0.1, 0.15) is 11.3 Å². The van der Waals surface area contributed by atoms with E-state index in [1.807, 2.05) is 54.6 Å². The van der Waals surface area contributed by atoms with Gasteiger partial charge in [-0.15, -0.1) is 0 Å². The van der Waals surface area contributed by atoms with Crippen molar-refractivity contribution < 1.29 is 4.42 Å². The number of pyridine rings is 1. The zero-order chi connectivity index (χ0) is 18.2. The molecule has 0 N–H and O–H groups in total. The van der Waals surface area contributed by atoms with Crippen molar-refractivity contribution in [2.75, 3.05) is 0 Å². The Morgan fingerprint density at radius 1 is 0.704 bits per heavy atom. The molecule has 2 heterocycles. The van der Waals surface area contributed by atoms with Crippen molar-refractivity contribution in [3.05, 3.63) is 101 Å². The van der Waals surface area contributed by atoms with Crippen LogP contribution in [0.15, 0.2) is 100 Å². The van der Waals surface area contributed by atoms with Crippen LogP contribution < -0.4 is 5.43 Å². The SMILES string of the molecule is O=c1cc(-c2cccnc2)oc2c1cc(-c1ccccc1)c1ccccc12. The predicted octanol–water partition coefficient (Wildman–Crippen LogP) is 5.68. The second-order valence-corrected chi connectivity index (χ2v) is 6.43. The molecular weight excluding hydrogens is 334 g/mol. The Kier molecular flexibility index (Phi) is 3.58. The van der Waals surface area contributed by atoms with Crippen molar-refractivity contribution in [3.8, 4) is 22.5 Å². The normalized spacial score (nSPS) is 11.1. The van der Waals surface area contributed by atoms with Crippen LogP contribution in [0.4, 0.5) is 0 Å². The van der Waals surface area contributed by atoms with E-state index in [2.05, 4.69) is 23.2 Å². The highest BCUT2D eigenvalue weighted by molar-refractivity contribution is 6.11. The molecular formula is C24H15NO2. The maximum atomic E-state index is 12.9. The van der Waals surface area contributed by atoms with Crippen LogP contribution in [0.1, 0.15) is 0 Å². The summed E-state index contributed by atoms with van der Waals surface area (Å²) in [7, 11) is 0. The summed E-state index contributed by atoms with van der Waals surface area (Å²) in [6.45, 7) is 0.